The van der Waals surface area contributed by atoms with Crippen molar-refractivity contribution in [3.63, 3.8) is 0 Å². The van der Waals surface area contributed by atoms with Crippen molar-refractivity contribution in [1.82, 2.24) is 25.1 Å². The molecule has 120 valence electrons. The van der Waals surface area contributed by atoms with Gasteiger partial charge in [-0.25, -0.2) is 4.68 Å². The smallest absolute Gasteiger partial charge is 0.370 e. The molecular formula is C12H14F3N5O2. The topological polar surface area (TPSA) is 78.9 Å². The van der Waals surface area contributed by atoms with Crippen molar-refractivity contribution < 1.29 is 22.4 Å². The molecule has 1 aliphatic rings. The van der Waals surface area contributed by atoms with Crippen LogP contribution in [0.15, 0.2) is 4.52 Å². The Morgan fingerprint density at radius 2 is 1.95 bits per heavy atom. The van der Waals surface area contributed by atoms with E-state index in [9.17, 15) is 13.2 Å². The highest BCUT2D eigenvalue weighted by Crippen LogP contribution is 2.41. The molecule has 0 spiro atoms. The van der Waals surface area contributed by atoms with Gasteiger partial charge >= 0.3 is 6.18 Å². The summed E-state index contributed by atoms with van der Waals surface area (Å²) in [6.07, 6.45) is -1.33. The van der Waals surface area contributed by atoms with Gasteiger partial charge in [-0.15, -0.1) is 5.10 Å². The van der Waals surface area contributed by atoms with Gasteiger partial charge in [0.15, 0.2) is 11.4 Å². The molecule has 0 unspecified atom stereocenters. The molecule has 0 N–H and O–H groups in total. The van der Waals surface area contributed by atoms with Crippen LogP contribution >= 0.6 is 0 Å². The van der Waals surface area contributed by atoms with Crippen LogP contribution in [0.5, 0.6) is 0 Å². The van der Waals surface area contributed by atoms with E-state index in [2.05, 4.69) is 20.5 Å². The second-order valence-electron chi connectivity index (χ2n) is 5.24. The third kappa shape index (κ3) is 2.27. The lowest BCUT2D eigenvalue weighted by atomic mass is 10.0. The van der Waals surface area contributed by atoms with Gasteiger partial charge in [0.1, 0.15) is 5.60 Å². The van der Waals surface area contributed by atoms with Gasteiger partial charge in [-0.2, -0.15) is 18.2 Å². The van der Waals surface area contributed by atoms with Gasteiger partial charge in [-0.1, -0.05) is 10.4 Å². The van der Waals surface area contributed by atoms with Crippen molar-refractivity contribution in [2.24, 2.45) is 7.05 Å². The van der Waals surface area contributed by atoms with E-state index in [-0.39, 0.29) is 11.7 Å². The summed E-state index contributed by atoms with van der Waals surface area (Å²) in [5, 5.41) is 10.7. The first-order valence-corrected chi connectivity index (χ1v) is 6.74. The molecule has 2 aromatic heterocycles. The first-order chi connectivity index (χ1) is 10.4. The van der Waals surface area contributed by atoms with Crippen LogP contribution in [-0.4, -0.2) is 32.2 Å². The van der Waals surface area contributed by atoms with Gasteiger partial charge in [0, 0.05) is 14.2 Å². The minimum absolute atomic E-state index is 0.251. The number of hydrogen-bond donors (Lipinski definition) is 0. The lowest BCUT2D eigenvalue weighted by molar-refractivity contribution is -0.143. The lowest BCUT2D eigenvalue weighted by Gasteiger charge is -2.22. The van der Waals surface area contributed by atoms with Crippen LogP contribution in [0.2, 0.25) is 0 Å². The zero-order chi connectivity index (χ0) is 16.0. The van der Waals surface area contributed by atoms with Crippen LogP contribution < -0.4 is 0 Å². The first kappa shape index (κ1) is 14.9. The van der Waals surface area contributed by atoms with E-state index in [1.54, 1.807) is 0 Å². The Labute approximate surface area is 123 Å². The number of alkyl halides is 3. The van der Waals surface area contributed by atoms with E-state index in [1.165, 1.54) is 7.11 Å². The van der Waals surface area contributed by atoms with Crippen LogP contribution in [-0.2, 0) is 23.6 Å². The fraction of sp³-hybridized carbons (Fsp3) is 0.667. The number of nitrogens with zero attached hydrogens (tertiary/aromatic N) is 5. The minimum atomic E-state index is -4.62. The Morgan fingerprint density at radius 1 is 1.27 bits per heavy atom. The van der Waals surface area contributed by atoms with Gasteiger partial charge in [0.25, 0.3) is 5.89 Å². The summed E-state index contributed by atoms with van der Waals surface area (Å²) in [5.74, 6) is -0.0555. The third-order valence-corrected chi connectivity index (χ3v) is 3.93. The number of rotatable bonds is 3. The van der Waals surface area contributed by atoms with E-state index in [1.807, 2.05) is 0 Å². The third-order valence-electron chi connectivity index (χ3n) is 3.93. The Bertz CT molecular complexity index is 673. The van der Waals surface area contributed by atoms with E-state index in [4.69, 9.17) is 9.26 Å². The Balaban J connectivity index is 2.02. The molecule has 7 nitrogen and oxygen atoms in total. The Morgan fingerprint density at radius 3 is 2.55 bits per heavy atom. The largest absolute Gasteiger partial charge is 0.435 e. The second kappa shape index (κ2) is 5.04. The molecule has 0 amide bonds. The molecule has 0 atom stereocenters. The molecule has 2 aromatic rings. The summed E-state index contributed by atoms with van der Waals surface area (Å²) < 4.78 is 50.3. The zero-order valence-corrected chi connectivity index (χ0v) is 12.0. The number of halogens is 3. The zero-order valence-electron chi connectivity index (χ0n) is 12.0. The van der Waals surface area contributed by atoms with E-state index >= 15 is 0 Å². The highest BCUT2D eigenvalue weighted by Gasteiger charge is 2.43. The summed E-state index contributed by atoms with van der Waals surface area (Å²) in [6, 6.07) is 0. The van der Waals surface area contributed by atoms with Crippen LogP contribution in [0.25, 0.3) is 11.6 Å². The monoisotopic (exact) mass is 317 g/mol. The summed E-state index contributed by atoms with van der Waals surface area (Å²) in [4.78, 5) is 4.07. The van der Waals surface area contributed by atoms with Crippen LogP contribution in [0.3, 0.4) is 0 Å². The Kier molecular flexibility index (Phi) is 3.42. The predicted octanol–water partition coefficient (Wildman–Crippen LogP) is 2.30. The maximum Gasteiger partial charge on any atom is 0.435 e. The van der Waals surface area contributed by atoms with E-state index in [0.29, 0.717) is 17.5 Å². The molecule has 0 bridgehead atoms. The summed E-state index contributed by atoms with van der Waals surface area (Å²) in [5.41, 5.74) is -2.19. The molecule has 0 radical (unpaired) electrons. The number of aryl methyl sites for hydroxylation is 1. The molecule has 10 heteroatoms. The molecular weight excluding hydrogens is 303 g/mol. The van der Waals surface area contributed by atoms with E-state index in [0.717, 1.165) is 19.9 Å². The molecule has 2 heterocycles. The van der Waals surface area contributed by atoms with Crippen molar-refractivity contribution >= 4 is 0 Å². The second-order valence-corrected chi connectivity index (χ2v) is 5.24. The normalized spacial score (nSPS) is 18.0. The van der Waals surface area contributed by atoms with Crippen molar-refractivity contribution in [2.75, 3.05) is 7.11 Å². The number of hydrogen-bond acceptors (Lipinski definition) is 6. The maximum absolute atomic E-state index is 13.1. The number of ether oxygens (including phenoxy) is 1. The predicted molar refractivity (Wildman–Crippen MR) is 66.5 cm³/mol. The fourth-order valence-electron chi connectivity index (χ4n) is 2.79. The molecule has 1 saturated carbocycles. The van der Waals surface area contributed by atoms with Gasteiger partial charge < -0.3 is 9.26 Å². The molecule has 0 saturated heterocycles. The van der Waals surface area contributed by atoms with Gasteiger partial charge in [0.05, 0.1) is 0 Å². The quantitative estimate of drug-likeness (QED) is 0.864. The van der Waals surface area contributed by atoms with E-state index < -0.39 is 23.2 Å². The Hall–Kier alpha value is -1.97. The van der Waals surface area contributed by atoms with Gasteiger partial charge in [-0.05, 0) is 25.7 Å². The molecule has 1 fully saturated rings. The van der Waals surface area contributed by atoms with Crippen LogP contribution in [0.1, 0.15) is 37.2 Å². The highest BCUT2D eigenvalue weighted by molar-refractivity contribution is 5.51. The number of methoxy groups -OCH3 is 1. The molecule has 0 aliphatic heterocycles. The summed E-state index contributed by atoms with van der Waals surface area (Å²) in [6.45, 7) is 0. The van der Waals surface area contributed by atoms with Crippen molar-refractivity contribution in [3.8, 4) is 11.6 Å². The fourth-order valence-corrected chi connectivity index (χ4v) is 2.79. The molecule has 0 aromatic carbocycles. The average molecular weight is 317 g/mol. The van der Waals surface area contributed by atoms with Gasteiger partial charge in [0.2, 0.25) is 5.82 Å². The highest BCUT2D eigenvalue weighted by atomic mass is 19.4. The minimum Gasteiger partial charge on any atom is -0.370 e. The van der Waals surface area contributed by atoms with Crippen molar-refractivity contribution in [1.29, 1.82) is 0 Å². The summed E-state index contributed by atoms with van der Waals surface area (Å²) >= 11 is 0. The SMILES string of the molecule is COC1(c2noc(-c3nnn(C)c3C(F)(F)F)n2)CCCC1. The summed E-state index contributed by atoms with van der Waals surface area (Å²) in [7, 11) is 2.69. The lowest BCUT2D eigenvalue weighted by Crippen LogP contribution is -2.25. The number of aromatic nitrogens is 5. The standard InChI is InChI=1S/C12H14F3N5O2/c1-20-8(12(13,14)15)7(17-19-20)9-16-10(18-22-9)11(21-2)5-3-4-6-11/h3-6H2,1-2H3. The van der Waals surface area contributed by atoms with Crippen LogP contribution in [0, 0.1) is 0 Å². The van der Waals surface area contributed by atoms with Gasteiger partial charge in [-0.3, -0.25) is 0 Å². The molecule has 22 heavy (non-hydrogen) atoms. The average Bonchev–Trinajstić information content (AvgIpc) is 3.16. The maximum atomic E-state index is 13.1. The van der Waals surface area contributed by atoms with Crippen molar-refractivity contribution in [3.05, 3.63) is 11.5 Å². The van der Waals surface area contributed by atoms with Crippen molar-refractivity contribution in [2.45, 2.75) is 37.5 Å². The molecule has 1 aliphatic carbocycles. The molecule has 3 rings (SSSR count). The van der Waals surface area contributed by atoms with Crippen LogP contribution in [0.4, 0.5) is 13.2 Å². The first-order valence-electron chi connectivity index (χ1n) is 6.74.